The monoisotopic (exact) mass is 249 g/mol. The quantitative estimate of drug-likeness (QED) is 0.584. The van der Waals surface area contributed by atoms with Crippen molar-refractivity contribution in [2.45, 2.75) is 12.1 Å². The van der Waals surface area contributed by atoms with Crippen molar-refractivity contribution in [3.8, 4) is 0 Å². The fraction of sp³-hybridized carbons (Fsp3) is 0.333. The predicted octanol–water partition coefficient (Wildman–Crippen LogP) is -0.383. The van der Waals surface area contributed by atoms with Gasteiger partial charge in [-0.25, -0.2) is 0 Å². The van der Waals surface area contributed by atoms with Crippen LogP contribution in [-0.4, -0.2) is 32.4 Å². The lowest BCUT2D eigenvalue weighted by molar-refractivity contribution is -0.141. The van der Waals surface area contributed by atoms with E-state index in [1.807, 2.05) is 0 Å². The van der Waals surface area contributed by atoms with Crippen molar-refractivity contribution < 1.29 is 15.0 Å². The minimum atomic E-state index is -1.36. The Morgan fingerprint density at radius 3 is 2.77 bits per heavy atom. The summed E-state index contributed by atoms with van der Waals surface area (Å²) in [7, 11) is 0. The molecule has 2 unspecified atom stereocenters. The molecule has 0 fully saturated rings. The highest BCUT2D eigenvalue weighted by Gasteiger charge is 2.26. The van der Waals surface area contributed by atoms with Gasteiger partial charge in [-0.15, -0.1) is 0 Å². The third-order valence-corrected chi connectivity index (χ3v) is 2.17. The van der Waals surface area contributed by atoms with E-state index in [-0.39, 0.29) is 5.69 Å². The summed E-state index contributed by atoms with van der Waals surface area (Å²) in [6, 6.07) is -1.36. The number of carbonyl (C=O) groups is 1. The van der Waals surface area contributed by atoms with Crippen molar-refractivity contribution in [3.05, 3.63) is 16.4 Å². The summed E-state index contributed by atoms with van der Waals surface area (Å²) >= 11 is 3.08. The molecule has 0 aliphatic rings. The second kappa shape index (κ2) is 3.86. The molecule has 1 heterocycles. The number of hydrogen-bond acceptors (Lipinski definition) is 4. The highest BCUT2D eigenvalue weighted by atomic mass is 79.9. The first-order chi connectivity index (χ1) is 6.04. The molecule has 2 atom stereocenters. The van der Waals surface area contributed by atoms with Crippen LogP contribution in [0, 0.1) is 0 Å². The zero-order valence-electron chi connectivity index (χ0n) is 6.44. The Hall–Kier alpha value is -0.920. The average Bonchev–Trinajstić information content (AvgIpc) is 2.48. The minimum absolute atomic E-state index is 0.259. The Morgan fingerprint density at radius 2 is 2.38 bits per heavy atom. The van der Waals surface area contributed by atoms with E-state index in [1.54, 1.807) is 0 Å². The Kier molecular flexibility index (Phi) is 3.02. The van der Waals surface area contributed by atoms with Crippen LogP contribution in [0.25, 0.3) is 0 Å². The van der Waals surface area contributed by atoms with Crippen LogP contribution in [0.3, 0.4) is 0 Å². The number of aliphatic carboxylic acids is 1. The molecule has 0 saturated carbocycles. The van der Waals surface area contributed by atoms with Gasteiger partial charge < -0.3 is 15.9 Å². The summed E-state index contributed by atoms with van der Waals surface area (Å²) in [4.78, 5) is 10.4. The summed E-state index contributed by atoms with van der Waals surface area (Å²) in [5, 5.41) is 24.0. The number of carboxylic acids is 1. The van der Waals surface area contributed by atoms with Crippen molar-refractivity contribution in [1.82, 2.24) is 10.2 Å². The van der Waals surface area contributed by atoms with Gasteiger partial charge in [0.25, 0.3) is 0 Å². The molecule has 13 heavy (non-hydrogen) atoms. The number of aliphatic hydroxyl groups is 1. The second-order valence-electron chi connectivity index (χ2n) is 2.44. The van der Waals surface area contributed by atoms with E-state index in [2.05, 4.69) is 26.1 Å². The Bertz CT molecular complexity index is 314. The van der Waals surface area contributed by atoms with Gasteiger partial charge in [0.15, 0.2) is 0 Å². The van der Waals surface area contributed by atoms with Gasteiger partial charge in [0, 0.05) is 0 Å². The normalized spacial score (nSPS) is 15.3. The van der Waals surface area contributed by atoms with E-state index < -0.39 is 18.1 Å². The first-order valence-corrected chi connectivity index (χ1v) is 4.18. The van der Waals surface area contributed by atoms with Crippen LogP contribution in [0.5, 0.6) is 0 Å². The average molecular weight is 250 g/mol. The van der Waals surface area contributed by atoms with Crippen molar-refractivity contribution in [1.29, 1.82) is 0 Å². The molecule has 1 aromatic heterocycles. The number of aromatic nitrogens is 2. The van der Waals surface area contributed by atoms with Gasteiger partial charge in [-0.05, 0) is 15.9 Å². The van der Waals surface area contributed by atoms with Crippen LogP contribution in [0.15, 0.2) is 10.7 Å². The molecular formula is C6H8BrN3O3. The fourth-order valence-electron chi connectivity index (χ4n) is 0.803. The Labute approximate surface area is 81.9 Å². The number of aliphatic hydroxyl groups excluding tert-OH is 1. The number of hydrogen-bond donors (Lipinski definition) is 4. The van der Waals surface area contributed by atoms with Gasteiger partial charge in [-0.3, -0.25) is 9.89 Å². The molecular weight excluding hydrogens is 242 g/mol. The first-order valence-electron chi connectivity index (χ1n) is 3.39. The number of rotatable bonds is 3. The summed E-state index contributed by atoms with van der Waals surface area (Å²) in [6.07, 6.45) is 0.113. The molecule has 0 amide bonds. The van der Waals surface area contributed by atoms with E-state index >= 15 is 0 Å². The van der Waals surface area contributed by atoms with Gasteiger partial charge in [-0.1, -0.05) is 0 Å². The smallest absolute Gasteiger partial charge is 0.323 e. The van der Waals surface area contributed by atoms with Crippen LogP contribution >= 0.6 is 15.9 Å². The first kappa shape index (κ1) is 10.2. The van der Waals surface area contributed by atoms with Gasteiger partial charge in [-0.2, -0.15) is 5.10 Å². The molecule has 0 aliphatic heterocycles. The number of carboxylic acid groups (broad SMARTS) is 1. The molecule has 0 spiro atoms. The van der Waals surface area contributed by atoms with Gasteiger partial charge in [0.2, 0.25) is 0 Å². The summed E-state index contributed by atoms with van der Waals surface area (Å²) in [5.74, 6) is -1.27. The molecule has 0 aromatic carbocycles. The third-order valence-electron chi connectivity index (χ3n) is 1.54. The van der Waals surface area contributed by atoms with Crippen LogP contribution in [0.2, 0.25) is 0 Å². The second-order valence-corrected chi connectivity index (χ2v) is 3.29. The lowest BCUT2D eigenvalue weighted by Crippen LogP contribution is -2.36. The molecule has 0 saturated heterocycles. The maximum Gasteiger partial charge on any atom is 0.323 e. The van der Waals surface area contributed by atoms with Gasteiger partial charge >= 0.3 is 5.97 Å². The Morgan fingerprint density at radius 1 is 1.77 bits per heavy atom. The molecule has 1 aromatic rings. The predicted molar refractivity (Wildman–Crippen MR) is 46.9 cm³/mol. The molecule has 7 heteroatoms. The lowest BCUT2D eigenvalue weighted by atomic mass is 10.1. The van der Waals surface area contributed by atoms with Crippen molar-refractivity contribution in [3.63, 3.8) is 0 Å². The van der Waals surface area contributed by atoms with Crippen molar-refractivity contribution >= 4 is 21.9 Å². The summed E-state index contributed by atoms with van der Waals surface area (Å²) < 4.78 is 0.497. The van der Waals surface area contributed by atoms with Crippen LogP contribution in [0.4, 0.5) is 0 Å². The fourth-order valence-corrected chi connectivity index (χ4v) is 1.23. The number of nitrogens with zero attached hydrogens (tertiary/aromatic N) is 1. The molecule has 1 rings (SSSR count). The van der Waals surface area contributed by atoms with E-state index in [1.165, 1.54) is 6.20 Å². The van der Waals surface area contributed by atoms with Crippen LogP contribution in [-0.2, 0) is 4.79 Å². The molecule has 0 radical (unpaired) electrons. The minimum Gasteiger partial charge on any atom is -0.480 e. The SMILES string of the molecule is NC(C(=O)O)C(O)c1[nH]ncc1Br. The largest absolute Gasteiger partial charge is 0.480 e. The topological polar surface area (TPSA) is 112 Å². The van der Waals surface area contributed by atoms with E-state index in [9.17, 15) is 9.90 Å². The van der Waals surface area contributed by atoms with E-state index in [4.69, 9.17) is 10.8 Å². The highest BCUT2D eigenvalue weighted by Crippen LogP contribution is 2.22. The zero-order valence-corrected chi connectivity index (χ0v) is 8.02. The molecule has 0 aliphatic carbocycles. The molecule has 6 nitrogen and oxygen atoms in total. The van der Waals surface area contributed by atoms with E-state index in [0.717, 1.165) is 0 Å². The number of aromatic amines is 1. The van der Waals surface area contributed by atoms with Gasteiger partial charge in [0.05, 0.1) is 16.4 Å². The lowest BCUT2D eigenvalue weighted by Gasteiger charge is -2.13. The standard InChI is InChI=1S/C6H8BrN3O3/c7-2-1-9-10-4(2)5(11)3(8)6(12)13/h1,3,5,11H,8H2,(H,9,10)(H,12,13). The molecule has 72 valence electrons. The van der Waals surface area contributed by atoms with Crippen molar-refractivity contribution in [2.24, 2.45) is 5.73 Å². The van der Waals surface area contributed by atoms with Crippen molar-refractivity contribution in [2.75, 3.05) is 0 Å². The van der Waals surface area contributed by atoms with Crippen LogP contribution < -0.4 is 5.73 Å². The van der Waals surface area contributed by atoms with E-state index in [0.29, 0.717) is 4.47 Å². The zero-order chi connectivity index (χ0) is 10.0. The number of halogens is 1. The third kappa shape index (κ3) is 2.06. The van der Waals surface area contributed by atoms with Crippen LogP contribution in [0.1, 0.15) is 11.8 Å². The summed E-state index contributed by atoms with van der Waals surface area (Å²) in [5.41, 5.74) is 5.46. The maximum atomic E-state index is 10.4. The Balaban J connectivity index is 2.85. The maximum absolute atomic E-state index is 10.4. The number of H-pyrrole nitrogens is 1. The number of nitrogens with two attached hydrogens (primary N) is 1. The molecule has 5 N–H and O–H groups in total. The number of nitrogens with one attached hydrogen (secondary N) is 1. The summed E-state index contributed by atoms with van der Waals surface area (Å²) in [6.45, 7) is 0. The highest BCUT2D eigenvalue weighted by molar-refractivity contribution is 9.10. The molecule has 0 bridgehead atoms. The van der Waals surface area contributed by atoms with Gasteiger partial charge in [0.1, 0.15) is 12.1 Å².